The van der Waals surface area contributed by atoms with Crippen molar-refractivity contribution >= 4 is 50.9 Å². The number of thioether (sulfide) groups is 1. The van der Waals surface area contributed by atoms with E-state index in [0.29, 0.717) is 5.56 Å². The second kappa shape index (κ2) is 7.69. The lowest BCUT2D eigenvalue weighted by Crippen LogP contribution is -2.13. The van der Waals surface area contributed by atoms with Crippen molar-refractivity contribution in [2.45, 2.75) is 35.8 Å². The minimum atomic E-state index is -0.264. The molecule has 3 nitrogen and oxygen atoms in total. The molecule has 3 rings (SSSR count). The van der Waals surface area contributed by atoms with Crippen LogP contribution in [0.4, 0.5) is 5.69 Å². The van der Waals surface area contributed by atoms with Gasteiger partial charge < -0.3 is 5.32 Å². The van der Waals surface area contributed by atoms with Crippen molar-refractivity contribution in [3.63, 3.8) is 0 Å². The van der Waals surface area contributed by atoms with E-state index < -0.39 is 0 Å². The molecule has 1 N–H and O–H groups in total. The molecule has 1 aliphatic carbocycles. The number of amides is 1. The van der Waals surface area contributed by atoms with Crippen molar-refractivity contribution in [3.8, 4) is 0 Å². The van der Waals surface area contributed by atoms with Gasteiger partial charge in [0.25, 0.3) is 5.91 Å². The molecule has 1 aromatic heterocycles. The van der Waals surface area contributed by atoms with E-state index in [1.807, 2.05) is 23.9 Å². The smallest absolute Gasteiger partial charge is 0.258 e. The first kappa shape index (κ1) is 16.8. The summed E-state index contributed by atoms with van der Waals surface area (Å²) in [5, 5.41) is 3.79. The Balaban J connectivity index is 1.65. The van der Waals surface area contributed by atoms with Gasteiger partial charge in [-0.3, -0.25) is 4.79 Å². The van der Waals surface area contributed by atoms with Gasteiger partial charge in [-0.1, -0.05) is 24.4 Å². The van der Waals surface area contributed by atoms with Crippen LogP contribution < -0.4 is 5.32 Å². The van der Waals surface area contributed by atoms with Crippen LogP contribution in [0.5, 0.6) is 0 Å². The van der Waals surface area contributed by atoms with Crippen molar-refractivity contribution in [2.75, 3.05) is 5.32 Å². The summed E-state index contributed by atoms with van der Waals surface area (Å²) in [6.07, 6.45) is 6.85. The maximum Gasteiger partial charge on any atom is 0.258 e. The largest absolute Gasteiger partial charge is 0.322 e. The number of hydrogen-bond acceptors (Lipinski definition) is 3. The Hall–Kier alpha value is -1.04. The van der Waals surface area contributed by atoms with Crippen LogP contribution in [0.1, 0.15) is 36.0 Å². The molecule has 1 amide bonds. The fraction of sp³-hybridized carbons (Fsp3) is 0.294. The minimum absolute atomic E-state index is 0.194. The van der Waals surface area contributed by atoms with Crippen LogP contribution in [0.25, 0.3) is 0 Å². The fourth-order valence-electron chi connectivity index (χ4n) is 2.60. The van der Waals surface area contributed by atoms with Crippen LogP contribution in [0, 0.1) is 0 Å². The number of benzene rings is 1. The van der Waals surface area contributed by atoms with Crippen LogP contribution in [0.2, 0.25) is 5.15 Å². The van der Waals surface area contributed by atoms with Gasteiger partial charge in [0.15, 0.2) is 0 Å². The van der Waals surface area contributed by atoms with Crippen molar-refractivity contribution in [2.24, 2.45) is 0 Å². The first-order valence-corrected chi connectivity index (χ1v) is 9.56. The van der Waals surface area contributed by atoms with Gasteiger partial charge in [0.2, 0.25) is 0 Å². The lowest BCUT2D eigenvalue weighted by Gasteiger charge is -2.10. The number of anilines is 1. The van der Waals surface area contributed by atoms with Gasteiger partial charge in [-0.2, -0.15) is 0 Å². The second-order valence-electron chi connectivity index (χ2n) is 5.49. The van der Waals surface area contributed by atoms with Gasteiger partial charge in [-0.25, -0.2) is 4.98 Å². The van der Waals surface area contributed by atoms with E-state index in [2.05, 4.69) is 38.4 Å². The zero-order valence-corrected chi connectivity index (χ0v) is 15.5. The number of rotatable bonds is 4. The van der Waals surface area contributed by atoms with Crippen molar-refractivity contribution in [1.82, 2.24) is 4.98 Å². The maximum atomic E-state index is 12.3. The van der Waals surface area contributed by atoms with E-state index in [4.69, 9.17) is 11.6 Å². The molecule has 0 unspecified atom stereocenters. The summed E-state index contributed by atoms with van der Waals surface area (Å²) in [6.45, 7) is 0. The molecular formula is C17H16BrClN2OS. The quantitative estimate of drug-likeness (QED) is 0.648. The Kier molecular flexibility index (Phi) is 5.62. The number of pyridine rings is 1. The summed E-state index contributed by atoms with van der Waals surface area (Å²) in [4.78, 5) is 17.5. The predicted octanol–water partition coefficient (Wildman–Crippen LogP) is 5.78. The topological polar surface area (TPSA) is 42.0 Å². The number of nitrogens with one attached hydrogen (secondary N) is 1. The van der Waals surface area contributed by atoms with E-state index in [0.717, 1.165) is 15.4 Å². The van der Waals surface area contributed by atoms with E-state index in [-0.39, 0.29) is 11.1 Å². The molecule has 1 heterocycles. The molecule has 1 aliphatic rings. The Morgan fingerprint density at radius 3 is 2.65 bits per heavy atom. The highest BCUT2D eigenvalue weighted by Gasteiger charge is 2.16. The van der Waals surface area contributed by atoms with Crippen molar-refractivity contribution < 1.29 is 4.79 Å². The molecule has 23 heavy (non-hydrogen) atoms. The van der Waals surface area contributed by atoms with Crippen molar-refractivity contribution in [1.29, 1.82) is 0 Å². The summed E-state index contributed by atoms with van der Waals surface area (Å²) >= 11 is 11.2. The van der Waals surface area contributed by atoms with Gasteiger partial charge in [-0.05, 0) is 59.1 Å². The zero-order valence-electron chi connectivity index (χ0n) is 12.4. The average molecular weight is 412 g/mol. The third-order valence-corrected chi connectivity index (χ3v) is 5.85. The molecule has 6 heteroatoms. The van der Waals surface area contributed by atoms with Gasteiger partial charge in [0.05, 0.1) is 5.56 Å². The maximum absolute atomic E-state index is 12.3. The summed E-state index contributed by atoms with van der Waals surface area (Å²) < 4.78 is 0.718. The van der Waals surface area contributed by atoms with Crippen LogP contribution in [-0.4, -0.2) is 16.1 Å². The van der Waals surface area contributed by atoms with Crippen LogP contribution in [0.15, 0.2) is 45.9 Å². The zero-order chi connectivity index (χ0) is 16.2. The monoisotopic (exact) mass is 410 g/mol. The number of aromatic nitrogens is 1. The normalized spacial score (nSPS) is 14.9. The summed E-state index contributed by atoms with van der Waals surface area (Å²) in [5.74, 6) is -0.264. The van der Waals surface area contributed by atoms with Crippen LogP contribution >= 0.6 is 39.3 Å². The molecule has 0 radical (unpaired) electrons. The molecule has 1 fully saturated rings. The van der Waals surface area contributed by atoms with Crippen molar-refractivity contribution in [3.05, 3.63) is 51.7 Å². The molecular weight excluding hydrogens is 396 g/mol. The Labute approximate surface area is 153 Å². The number of hydrogen-bond donors (Lipinski definition) is 1. The predicted molar refractivity (Wildman–Crippen MR) is 99.5 cm³/mol. The first-order chi connectivity index (χ1) is 11.1. The third-order valence-electron chi connectivity index (χ3n) is 3.77. The highest BCUT2D eigenvalue weighted by Crippen LogP contribution is 2.35. The van der Waals surface area contributed by atoms with Gasteiger partial charge in [-0.15, -0.1) is 11.8 Å². The average Bonchev–Trinajstić information content (AvgIpc) is 3.04. The number of carbonyl (C=O) groups is 1. The lowest BCUT2D eigenvalue weighted by atomic mass is 10.2. The highest BCUT2D eigenvalue weighted by atomic mass is 79.9. The third kappa shape index (κ3) is 4.49. The molecule has 0 spiro atoms. The molecule has 1 saturated carbocycles. The number of carbonyl (C=O) groups excluding carboxylic acids is 1. The van der Waals surface area contributed by atoms with Gasteiger partial charge in [0, 0.05) is 26.5 Å². The Bertz CT molecular complexity index is 702. The Morgan fingerprint density at radius 2 is 1.96 bits per heavy atom. The number of nitrogens with zero attached hydrogens (tertiary/aromatic N) is 1. The molecule has 2 aromatic rings. The fourth-order valence-corrected chi connectivity index (χ4v) is 4.36. The summed E-state index contributed by atoms with van der Waals surface area (Å²) in [7, 11) is 0. The molecule has 0 saturated heterocycles. The highest BCUT2D eigenvalue weighted by molar-refractivity contribution is 9.10. The van der Waals surface area contributed by atoms with Gasteiger partial charge in [0.1, 0.15) is 5.15 Å². The summed E-state index contributed by atoms with van der Waals surface area (Å²) in [5.41, 5.74) is 1.10. The molecule has 0 atom stereocenters. The SMILES string of the molecule is O=C(Nc1ccc(SC2CCCC2)cc1)c1cc(Br)cnc1Cl. The Morgan fingerprint density at radius 1 is 1.26 bits per heavy atom. The second-order valence-corrected chi connectivity index (χ2v) is 8.14. The first-order valence-electron chi connectivity index (χ1n) is 7.51. The van der Waals surface area contributed by atoms with E-state index in [1.165, 1.54) is 30.6 Å². The molecule has 0 bridgehead atoms. The van der Waals surface area contributed by atoms with Crippen LogP contribution in [0.3, 0.4) is 0 Å². The summed E-state index contributed by atoms with van der Waals surface area (Å²) in [6, 6.07) is 9.62. The molecule has 120 valence electrons. The molecule has 0 aliphatic heterocycles. The number of halogens is 2. The minimum Gasteiger partial charge on any atom is -0.322 e. The van der Waals surface area contributed by atoms with E-state index >= 15 is 0 Å². The molecule has 1 aromatic carbocycles. The van der Waals surface area contributed by atoms with E-state index in [9.17, 15) is 4.79 Å². The standard InChI is InChI=1S/C17H16BrClN2OS/c18-11-9-15(16(19)20-10-11)17(22)21-12-5-7-14(8-6-12)23-13-3-1-2-4-13/h5-10,13H,1-4H2,(H,21,22). The lowest BCUT2D eigenvalue weighted by molar-refractivity contribution is 0.102. The van der Waals surface area contributed by atoms with E-state index in [1.54, 1.807) is 12.3 Å². The van der Waals surface area contributed by atoms with Crippen LogP contribution in [-0.2, 0) is 0 Å². The van der Waals surface area contributed by atoms with Gasteiger partial charge >= 0.3 is 0 Å².